The lowest BCUT2D eigenvalue weighted by atomic mass is 10.1. The number of nitro groups is 1. The molecule has 1 aliphatic rings. The number of thiazole rings is 1. The Morgan fingerprint density at radius 2 is 1.92 bits per heavy atom. The fourth-order valence-corrected chi connectivity index (χ4v) is 3.64. The first kappa shape index (κ1) is 16.4. The zero-order chi connectivity index (χ0) is 17.3. The molecule has 8 heteroatoms. The minimum absolute atomic E-state index is 0.0127. The molecular weight excluding hydrogens is 328 g/mol. The van der Waals surface area contributed by atoms with Gasteiger partial charge in [0.05, 0.1) is 10.6 Å². The van der Waals surface area contributed by atoms with E-state index >= 15 is 0 Å². The molecule has 0 amide bonds. The summed E-state index contributed by atoms with van der Waals surface area (Å²) in [5.41, 5.74) is 1.93. The third-order valence-electron chi connectivity index (χ3n) is 4.08. The predicted octanol–water partition coefficient (Wildman–Crippen LogP) is 2.89. The molecule has 1 aliphatic heterocycles. The summed E-state index contributed by atoms with van der Waals surface area (Å²) in [5.74, 6) is -0.173. The number of benzene rings is 1. The van der Waals surface area contributed by atoms with Gasteiger partial charge in [-0.15, -0.1) is 11.3 Å². The molecule has 0 unspecified atom stereocenters. The number of anilines is 2. The summed E-state index contributed by atoms with van der Waals surface area (Å²) in [7, 11) is 0. The number of aryl methyl sites for hydroxylation is 1. The van der Waals surface area contributed by atoms with Gasteiger partial charge in [0.1, 0.15) is 5.69 Å². The van der Waals surface area contributed by atoms with Crippen molar-refractivity contribution < 1.29 is 9.72 Å². The Labute approximate surface area is 143 Å². The molecular formula is C16H18N4O3S. The molecule has 0 atom stereocenters. The van der Waals surface area contributed by atoms with Crippen molar-refractivity contribution >= 4 is 33.6 Å². The Kier molecular flexibility index (Phi) is 4.48. The van der Waals surface area contributed by atoms with Crippen LogP contribution in [0.2, 0.25) is 0 Å². The van der Waals surface area contributed by atoms with Crippen molar-refractivity contribution in [2.75, 3.05) is 36.0 Å². The van der Waals surface area contributed by atoms with E-state index in [-0.39, 0.29) is 11.5 Å². The number of aromatic nitrogens is 1. The molecule has 24 heavy (non-hydrogen) atoms. The van der Waals surface area contributed by atoms with Crippen LogP contribution in [0, 0.1) is 17.0 Å². The van der Waals surface area contributed by atoms with Crippen molar-refractivity contribution in [1.82, 2.24) is 4.98 Å². The van der Waals surface area contributed by atoms with Crippen molar-refractivity contribution in [3.8, 4) is 0 Å². The highest BCUT2D eigenvalue weighted by molar-refractivity contribution is 7.13. The highest BCUT2D eigenvalue weighted by atomic mass is 32.1. The fraction of sp³-hybridized carbons (Fsp3) is 0.375. The average Bonchev–Trinajstić information content (AvgIpc) is 3.01. The van der Waals surface area contributed by atoms with Gasteiger partial charge in [-0.05, 0) is 26.0 Å². The van der Waals surface area contributed by atoms with Gasteiger partial charge in [0.2, 0.25) is 0 Å². The number of hydrogen-bond acceptors (Lipinski definition) is 7. The maximum atomic E-state index is 11.5. The van der Waals surface area contributed by atoms with Crippen LogP contribution in [0.25, 0.3) is 0 Å². The number of piperazine rings is 1. The van der Waals surface area contributed by atoms with Gasteiger partial charge in [0.15, 0.2) is 10.9 Å². The summed E-state index contributed by atoms with van der Waals surface area (Å²) in [4.78, 5) is 31.1. The van der Waals surface area contributed by atoms with Crippen molar-refractivity contribution in [2.24, 2.45) is 0 Å². The average molecular weight is 346 g/mol. The van der Waals surface area contributed by atoms with Gasteiger partial charge >= 0.3 is 0 Å². The Morgan fingerprint density at radius 1 is 1.25 bits per heavy atom. The molecule has 126 valence electrons. The van der Waals surface area contributed by atoms with E-state index in [0.29, 0.717) is 24.3 Å². The molecule has 7 nitrogen and oxygen atoms in total. The molecule has 1 aromatic carbocycles. The predicted molar refractivity (Wildman–Crippen MR) is 94.4 cm³/mol. The number of ketones is 1. The van der Waals surface area contributed by atoms with Crippen LogP contribution >= 0.6 is 11.3 Å². The Morgan fingerprint density at radius 3 is 2.46 bits per heavy atom. The molecule has 0 spiro atoms. The first-order chi connectivity index (χ1) is 11.5. The molecule has 0 saturated carbocycles. The number of carbonyl (C=O) groups excluding carboxylic acids is 1. The first-order valence-corrected chi connectivity index (χ1v) is 8.55. The summed E-state index contributed by atoms with van der Waals surface area (Å²) < 4.78 is 0. The molecule has 2 aromatic rings. The summed E-state index contributed by atoms with van der Waals surface area (Å²) in [5, 5.41) is 14.4. The van der Waals surface area contributed by atoms with E-state index < -0.39 is 4.92 Å². The van der Waals surface area contributed by atoms with Gasteiger partial charge in [-0.1, -0.05) is 0 Å². The van der Waals surface area contributed by atoms with E-state index in [9.17, 15) is 14.9 Å². The van der Waals surface area contributed by atoms with Crippen LogP contribution in [0.5, 0.6) is 0 Å². The summed E-state index contributed by atoms with van der Waals surface area (Å²) in [6, 6.07) is 4.70. The highest BCUT2D eigenvalue weighted by Gasteiger charge is 2.25. The number of rotatable bonds is 4. The van der Waals surface area contributed by atoms with E-state index in [0.717, 1.165) is 23.9 Å². The molecule has 0 radical (unpaired) electrons. The minimum atomic E-state index is -0.418. The van der Waals surface area contributed by atoms with Crippen LogP contribution in [0.3, 0.4) is 0 Å². The maximum Gasteiger partial charge on any atom is 0.293 e. The van der Waals surface area contributed by atoms with Crippen LogP contribution < -0.4 is 9.80 Å². The van der Waals surface area contributed by atoms with Crippen molar-refractivity contribution in [1.29, 1.82) is 0 Å². The monoisotopic (exact) mass is 346 g/mol. The number of hydrogen-bond donors (Lipinski definition) is 0. The Balaban J connectivity index is 1.78. The van der Waals surface area contributed by atoms with E-state index in [4.69, 9.17) is 0 Å². The van der Waals surface area contributed by atoms with E-state index in [2.05, 4.69) is 9.88 Å². The van der Waals surface area contributed by atoms with E-state index in [1.54, 1.807) is 23.5 Å². The van der Waals surface area contributed by atoms with Crippen LogP contribution in [-0.4, -0.2) is 41.9 Å². The first-order valence-electron chi connectivity index (χ1n) is 7.67. The quantitative estimate of drug-likeness (QED) is 0.481. The van der Waals surface area contributed by atoms with E-state index in [1.165, 1.54) is 13.0 Å². The van der Waals surface area contributed by atoms with Gasteiger partial charge in [0.25, 0.3) is 5.69 Å². The van der Waals surface area contributed by atoms with Crippen LogP contribution in [0.4, 0.5) is 16.5 Å². The lowest BCUT2D eigenvalue weighted by molar-refractivity contribution is -0.384. The van der Waals surface area contributed by atoms with Crippen molar-refractivity contribution in [2.45, 2.75) is 13.8 Å². The number of carbonyl (C=O) groups is 1. The maximum absolute atomic E-state index is 11.5. The number of nitrogens with zero attached hydrogens (tertiary/aromatic N) is 4. The molecule has 0 N–H and O–H groups in total. The minimum Gasteiger partial charge on any atom is -0.362 e. The Hall–Kier alpha value is -2.48. The molecule has 1 aromatic heterocycles. The van der Waals surface area contributed by atoms with Crippen LogP contribution in [0.1, 0.15) is 23.0 Å². The summed E-state index contributed by atoms with van der Waals surface area (Å²) in [6.07, 6.45) is 0. The van der Waals surface area contributed by atoms with Crippen LogP contribution in [-0.2, 0) is 0 Å². The molecule has 3 rings (SSSR count). The number of Topliss-reactive ketones (excluding diaryl/α,β-unsaturated/α-hetero) is 1. The number of nitro benzene ring substituents is 1. The fourth-order valence-electron chi connectivity index (χ4n) is 2.78. The van der Waals surface area contributed by atoms with E-state index in [1.807, 2.05) is 17.2 Å². The molecule has 0 bridgehead atoms. The van der Waals surface area contributed by atoms with Gasteiger partial charge < -0.3 is 9.80 Å². The van der Waals surface area contributed by atoms with Gasteiger partial charge in [0, 0.05) is 43.2 Å². The third kappa shape index (κ3) is 3.23. The molecule has 0 aliphatic carbocycles. The lowest BCUT2D eigenvalue weighted by Crippen LogP contribution is -2.46. The SMILES string of the molecule is CC(=O)c1ccc(N2CCN(c3nc(C)cs3)CC2)c([N+](=O)[O-])c1. The third-order valence-corrected chi connectivity index (χ3v) is 5.10. The Bertz CT molecular complexity index is 781. The summed E-state index contributed by atoms with van der Waals surface area (Å²) >= 11 is 1.62. The summed E-state index contributed by atoms with van der Waals surface area (Å²) in [6.45, 7) is 6.26. The lowest BCUT2D eigenvalue weighted by Gasteiger charge is -2.35. The highest BCUT2D eigenvalue weighted by Crippen LogP contribution is 2.31. The molecule has 1 saturated heterocycles. The molecule has 2 heterocycles. The topological polar surface area (TPSA) is 79.6 Å². The smallest absolute Gasteiger partial charge is 0.293 e. The zero-order valence-corrected chi connectivity index (χ0v) is 14.4. The zero-order valence-electron chi connectivity index (χ0n) is 13.6. The normalized spacial score (nSPS) is 14.8. The van der Waals surface area contributed by atoms with Crippen LogP contribution in [0.15, 0.2) is 23.6 Å². The second kappa shape index (κ2) is 6.56. The van der Waals surface area contributed by atoms with Gasteiger partial charge in [-0.25, -0.2) is 4.98 Å². The van der Waals surface area contributed by atoms with Crippen molar-refractivity contribution in [3.05, 3.63) is 45.0 Å². The van der Waals surface area contributed by atoms with Gasteiger partial charge in [-0.2, -0.15) is 0 Å². The standard InChI is InChI=1S/C16H18N4O3S/c1-11-10-24-16(17-11)19-7-5-18(6-8-19)14-4-3-13(12(2)21)9-15(14)20(22)23/h3-4,9-10H,5-8H2,1-2H3. The van der Waals surface area contributed by atoms with Gasteiger partial charge in [-0.3, -0.25) is 14.9 Å². The largest absolute Gasteiger partial charge is 0.362 e. The second-order valence-corrected chi connectivity index (χ2v) is 6.60. The molecule has 1 fully saturated rings. The second-order valence-electron chi connectivity index (χ2n) is 5.76. The van der Waals surface area contributed by atoms with Crippen molar-refractivity contribution in [3.63, 3.8) is 0 Å².